The van der Waals surface area contributed by atoms with Crippen LogP contribution < -0.4 is 0 Å². The number of aryl methyl sites for hydroxylation is 1. The number of aliphatic hydroxyl groups excluding tert-OH is 1. The molecule has 23 heavy (non-hydrogen) atoms. The fourth-order valence-corrected chi connectivity index (χ4v) is 3.03. The summed E-state index contributed by atoms with van der Waals surface area (Å²) >= 11 is 0. The van der Waals surface area contributed by atoms with Crippen molar-refractivity contribution < 1.29 is 10.2 Å². The van der Waals surface area contributed by atoms with Crippen molar-refractivity contribution in [1.29, 1.82) is 0 Å². The lowest BCUT2D eigenvalue weighted by atomic mass is 10.2. The van der Waals surface area contributed by atoms with Crippen molar-refractivity contribution in [2.24, 2.45) is 0 Å². The molecule has 3 rings (SSSR count). The summed E-state index contributed by atoms with van der Waals surface area (Å²) < 4.78 is 1.80. The van der Waals surface area contributed by atoms with Crippen LogP contribution in [-0.4, -0.2) is 56.1 Å². The summed E-state index contributed by atoms with van der Waals surface area (Å²) in [5.41, 5.74) is 0.875. The van der Waals surface area contributed by atoms with Crippen LogP contribution in [0.15, 0.2) is 24.3 Å². The van der Waals surface area contributed by atoms with Crippen LogP contribution in [0, 0.1) is 0 Å². The molecule has 2 N–H and O–H groups in total. The first-order valence-corrected chi connectivity index (χ1v) is 8.32. The molecule has 2 heterocycles. The number of hydrogen-bond donors (Lipinski definition) is 2. The molecule has 0 amide bonds. The first kappa shape index (κ1) is 16.0. The fraction of sp³-hybridized carbons (Fsp3) is 0.529. The van der Waals surface area contributed by atoms with E-state index in [2.05, 4.69) is 15.0 Å². The van der Waals surface area contributed by atoms with Gasteiger partial charge in [0.15, 0.2) is 5.82 Å². The molecule has 1 aliphatic heterocycles. The van der Waals surface area contributed by atoms with E-state index in [-0.39, 0.29) is 12.4 Å². The topological polar surface area (TPSA) is 74.4 Å². The predicted octanol–water partition coefficient (Wildman–Crippen LogP) is 1.67. The lowest BCUT2D eigenvalue weighted by molar-refractivity contribution is 0.266. The molecule has 1 aromatic carbocycles. The van der Waals surface area contributed by atoms with Crippen LogP contribution in [0.4, 0.5) is 0 Å². The van der Waals surface area contributed by atoms with E-state index >= 15 is 0 Å². The minimum absolute atomic E-state index is 0.0531. The summed E-state index contributed by atoms with van der Waals surface area (Å²) in [4.78, 5) is 7.13. The first-order chi connectivity index (χ1) is 11.3. The Bertz CT molecular complexity index is 618. The van der Waals surface area contributed by atoms with Crippen molar-refractivity contribution in [3.63, 3.8) is 0 Å². The van der Waals surface area contributed by atoms with Gasteiger partial charge in [-0.25, -0.2) is 9.67 Å². The number of aromatic hydroxyl groups is 1. The van der Waals surface area contributed by atoms with E-state index < -0.39 is 0 Å². The van der Waals surface area contributed by atoms with E-state index in [1.165, 1.54) is 25.9 Å². The molecule has 1 aromatic heterocycles. The van der Waals surface area contributed by atoms with Gasteiger partial charge in [0.1, 0.15) is 11.6 Å². The van der Waals surface area contributed by atoms with Crippen LogP contribution in [0.5, 0.6) is 5.75 Å². The third-order valence-electron chi connectivity index (χ3n) is 4.26. The molecule has 1 saturated heterocycles. The Kier molecular flexibility index (Phi) is 5.25. The minimum atomic E-state index is 0.0531. The SMILES string of the molecule is OCCn1nc(-c2ccc(O)cc2)nc1CCCN1CCCC1. The molecule has 0 atom stereocenters. The zero-order chi connectivity index (χ0) is 16.1. The van der Waals surface area contributed by atoms with Gasteiger partial charge < -0.3 is 15.1 Å². The van der Waals surface area contributed by atoms with Gasteiger partial charge in [0.2, 0.25) is 0 Å². The highest BCUT2D eigenvalue weighted by molar-refractivity contribution is 5.55. The van der Waals surface area contributed by atoms with E-state index in [1.54, 1.807) is 16.8 Å². The highest BCUT2D eigenvalue weighted by Gasteiger charge is 2.14. The monoisotopic (exact) mass is 316 g/mol. The molecule has 0 unspecified atom stereocenters. The number of hydrogen-bond acceptors (Lipinski definition) is 5. The van der Waals surface area contributed by atoms with Gasteiger partial charge in [-0.15, -0.1) is 0 Å². The molecular weight excluding hydrogens is 292 g/mol. The van der Waals surface area contributed by atoms with Gasteiger partial charge in [-0.1, -0.05) is 0 Å². The maximum absolute atomic E-state index is 9.38. The minimum Gasteiger partial charge on any atom is -0.508 e. The zero-order valence-electron chi connectivity index (χ0n) is 13.4. The van der Waals surface area contributed by atoms with Crippen LogP contribution in [-0.2, 0) is 13.0 Å². The van der Waals surface area contributed by atoms with Crippen LogP contribution in [0.25, 0.3) is 11.4 Å². The quantitative estimate of drug-likeness (QED) is 0.813. The van der Waals surface area contributed by atoms with Gasteiger partial charge in [-0.05, 0) is 63.2 Å². The van der Waals surface area contributed by atoms with Gasteiger partial charge in [0.05, 0.1) is 13.2 Å². The smallest absolute Gasteiger partial charge is 0.181 e. The van der Waals surface area contributed by atoms with E-state index in [1.807, 2.05) is 12.1 Å². The Morgan fingerprint density at radius 2 is 1.78 bits per heavy atom. The molecule has 0 saturated carbocycles. The number of likely N-dealkylation sites (tertiary alicyclic amines) is 1. The molecule has 6 nitrogen and oxygen atoms in total. The van der Waals surface area contributed by atoms with Crippen LogP contribution >= 0.6 is 0 Å². The third kappa shape index (κ3) is 4.09. The number of aliphatic hydroxyl groups is 1. The Labute approximate surface area is 136 Å². The normalized spacial score (nSPS) is 15.3. The second-order valence-corrected chi connectivity index (χ2v) is 6.00. The van der Waals surface area contributed by atoms with Crippen LogP contribution in [0.1, 0.15) is 25.1 Å². The third-order valence-corrected chi connectivity index (χ3v) is 4.26. The molecule has 0 radical (unpaired) electrons. The summed E-state index contributed by atoms with van der Waals surface area (Å²) in [5, 5.41) is 23.1. The fourth-order valence-electron chi connectivity index (χ4n) is 3.03. The van der Waals surface area contributed by atoms with E-state index in [0.717, 1.165) is 30.8 Å². The Morgan fingerprint density at radius 1 is 1.04 bits per heavy atom. The van der Waals surface area contributed by atoms with Gasteiger partial charge >= 0.3 is 0 Å². The molecule has 0 bridgehead atoms. The molecule has 124 valence electrons. The Hall–Kier alpha value is -1.92. The maximum Gasteiger partial charge on any atom is 0.181 e. The van der Waals surface area contributed by atoms with Crippen molar-refractivity contribution in [3.8, 4) is 17.1 Å². The van der Waals surface area contributed by atoms with Gasteiger partial charge in [-0.2, -0.15) is 5.10 Å². The Balaban J connectivity index is 1.68. The summed E-state index contributed by atoms with van der Waals surface area (Å²) in [6, 6.07) is 6.88. The Morgan fingerprint density at radius 3 is 2.48 bits per heavy atom. The van der Waals surface area contributed by atoms with E-state index in [4.69, 9.17) is 0 Å². The number of rotatable bonds is 7. The highest BCUT2D eigenvalue weighted by Crippen LogP contribution is 2.19. The van der Waals surface area contributed by atoms with Crippen molar-refractivity contribution in [2.75, 3.05) is 26.2 Å². The number of phenols is 1. The van der Waals surface area contributed by atoms with Gasteiger partial charge in [0.25, 0.3) is 0 Å². The van der Waals surface area contributed by atoms with Crippen LogP contribution in [0.3, 0.4) is 0 Å². The maximum atomic E-state index is 9.38. The molecule has 1 fully saturated rings. The molecule has 0 aliphatic carbocycles. The molecule has 6 heteroatoms. The summed E-state index contributed by atoms with van der Waals surface area (Å²) in [6.07, 6.45) is 4.54. The molecule has 0 spiro atoms. The lowest BCUT2D eigenvalue weighted by Gasteiger charge is -2.13. The lowest BCUT2D eigenvalue weighted by Crippen LogP contribution is -2.21. The highest BCUT2D eigenvalue weighted by atomic mass is 16.3. The van der Waals surface area contributed by atoms with Crippen molar-refractivity contribution in [1.82, 2.24) is 19.7 Å². The number of aromatic nitrogens is 3. The van der Waals surface area contributed by atoms with Gasteiger partial charge in [0, 0.05) is 12.0 Å². The summed E-state index contributed by atoms with van der Waals surface area (Å²) in [7, 11) is 0. The molecular formula is C17H24N4O2. The van der Waals surface area contributed by atoms with E-state index in [9.17, 15) is 10.2 Å². The average Bonchev–Trinajstić information content (AvgIpc) is 3.19. The van der Waals surface area contributed by atoms with Crippen molar-refractivity contribution in [2.45, 2.75) is 32.2 Å². The second kappa shape index (κ2) is 7.57. The summed E-state index contributed by atoms with van der Waals surface area (Å²) in [6.45, 7) is 4.03. The molecule has 2 aromatic rings. The van der Waals surface area contributed by atoms with Crippen LogP contribution in [0.2, 0.25) is 0 Å². The zero-order valence-corrected chi connectivity index (χ0v) is 13.4. The van der Waals surface area contributed by atoms with Crippen molar-refractivity contribution >= 4 is 0 Å². The second-order valence-electron chi connectivity index (χ2n) is 6.00. The number of benzene rings is 1. The predicted molar refractivity (Wildman–Crippen MR) is 88.2 cm³/mol. The standard InChI is InChI=1S/C17H24N4O2/c22-13-12-21-16(4-3-11-20-9-1-2-10-20)18-17(19-21)14-5-7-15(23)8-6-14/h5-8,22-23H,1-4,9-13H2. The largest absolute Gasteiger partial charge is 0.508 e. The number of phenolic OH excluding ortho intramolecular Hbond substituents is 1. The van der Waals surface area contributed by atoms with Crippen molar-refractivity contribution in [3.05, 3.63) is 30.1 Å². The molecule has 1 aliphatic rings. The van der Waals surface area contributed by atoms with E-state index in [0.29, 0.717) is 12.4 Å². The first-order valence-electron chi connectivity index (χ1n) is 8.32. The number of nitrogens with zero attached hydrogens (tertiary/aromatic N) is 4. The summed E-state index contributed by atoms with van der Waals surface area (Å²) in [5.74, 6) is 1.80. The van der Waals surface area contributed by atoms with Gasteiger partial charge in [-0.3, -0.25) is 0 Å². The average molecular weight is 316 g/mol.